The molecule has 27 heavy (non-hydrogen) atoms. The molecular formula is C23H16O4. The van der Waals surface area contributed by atoms with Gasteiger partial charge in [-0.15, -0.1) is 0 Å². The van der Waals surface area contributed by atoms with Crippen molar-refractivity contribution in [2.75, 3.05) is 6.79 Å². The Labute approximate surface area is 156 Å². The molecule has 4 nitrogen and oxygen atoms in total. The molecule has 3 aromatic rings. The van der Waals surface area contributed by atoms with Crippen molar-refractivity contribution in [3.63, 3.8) is 0 Å². The van der Waals surface area contributed by atoms with Gasteiger partial charge in [0.25, 0.3) is 0 Å². The molecule has 132 valence electrons. The third-order valence-corrected chi connectivity index (χ3v) is 4.74. The molecule has 0 aromatic heterocycles. The minimum atomic E-state index is -0.459. The predicted molar refractivity (Wildman–Crippen MR) is 101 cm³/mol. The first-order chi connectivity index (χ1) is 13.3. The first-order valence-corrected chi connectivity index (χ1v) is 8.76. The highest BCUT2D eigenvalue weighted by Gasteiger charge is 2.32. The smallest absolute Gasteiger partial charge is 0.231 e. The van der Waals surface area contributed by atoms with E-state index in [-0.39, 0.29) is 12.6 Å². The van der Waals surface area contributed by atoms with E-state index in [0.29, 0.717) is 28.4 Å². The normalized spacial score (nSPS) is 18.9. The van der Waals surface area contributed by atoms with Crippen LogP contribution in [-0.4, -0.2) is 12.6 Å². The van der Waals surface area contributed by atoms with Gasteiger partial charge in [0.15, 0.2) is 23.4 Å². The largest absolute Gasteiger partial charge is 0.480 e. The van der Waals surface area contributed by atoms with Gasteiger partial charge in [-0.05, 0) is 41.5 Å². The van der Waals surface area contributed by atoms with E-state index in [4.69, 9.17) is 14.2 Å². The van der Waals surface area contributed by atoms with Crippen molar-refractivity contribution < 1.29 is 19.0 Å². The monoisotopic (exact) mass is 356 g/mol. The highest BCUT2D eigenvalue weighted by atomic mass is 16.7. The highest BCUT2D eigenvalue weighted by Crippen LogP contribution is 2.40. The molecule has 0 saturated carbocycles. The zero-order chi connectivity index (χ0) is 18.2. The minimum absolute atomic E-state index is 0.0247. The summed E-state index contributed by atoms with van der Waals surface area (Å²) < 4.78 is 17.0. The Morgan fingerprint density at radius 3 is 2.48 bits per heavy atom. The standard InChI is InChI=1S/C23H16O4/c24-22-17-8-4-5-9-19(17)27-23(16-6-2-1-3-7-16)18(22)12-15-10-11-20-21(13-15)26-14-25-20/h1-13,23H,14H2/b18-12-. The lowest BCUT2D eigenvalue weighted by Crippen LogP contribution is -2.23. The molecule has 0 fully saturated rings. The van der Waals surface area contributed by atoms with Crippen LogP contribution in [0.5, 0.6) is 17.2 Å². The lowest BCUT2D eigenvalue weighted by atomic mass is 9.89. The van der Waals surface area contributed by atoms with Crippen molar-refractivity contribution in [3.05, 3.63) is 95.1 Å². The topological polar surface area (TPSA) is 44.8 Å². The quantitative estimate of drug-likeness (QED) is 0.618. The van der Waals surface area contributed by atoms with Crippen LogP contribution < -0.4 is 14.2 Å². The summed E-state index contributed by atoms with van der Waals surface area (Å²) in [5, 5.41) is 0. The van der Waals surface area contributed by atoms with Crippen molar-refractivity contribution in [2.45, 2.75) is 6.10 Å². The number of hydrogen-bond acceptors (Lipinski definition) is 4. The molecule has 0 radical (unpaired) electrons. The maximum absolute atomic E-state index is 13.2. The molecule has 0 bridgehead atoms. The highest BCUT2D eigenvalue weighted by molar-refractivity contribution is 6.14. The SMILES string of the molecule is O=C1/C(=C/c2ccc3c(c2)OCO3)C(c2ccccc2)Oc2ccccc21. The second-order valence-corrected chi connectivity index (χ2v) is 6.45. The molecule has 1 atom stereocenters. The van der Waals surface area contributed by atoms with E-state index in [2.05, 4.69) is 0 Å². The molecule has 1 unspecified atom stereocenters. The van der Waals surface area contributed by atoms with E-state index < -0.39 is 6.10 Å². The first kappa shape index (κ1) is 15.7. The zero-order valence-corrected chi connectivity index (χ0v) is 14.4. The van der Waals surface area contributed by atoms with Crippen molar-refractivity contribution in [1.29, 1.82) is 0 Å². The molecule has 2 aliphatic heterocycles. The van der Waals surface area contributed by atoms with E-state index in [1.54, 1.807) is 6.07 Å². The fraction of sp³-hybridized carbons (Fsp3) is 0.0870. The first-order valence-electron chi connectivity index (χ1n) is 8.76. The van der Waals surface area contributed by atoms with Crippen LogP contribution in [0.25, 0.3) is 6.08 Å². The van der Waals surface area contributed by atoms with Gasteiger partial charge >= 0.3 is 0 Å². The number of Topliss-reactive ketones (excluding diaryl/α,β-unsaturated/α-hetero) is 1. The van der Waals surface area contributed by atoms with E-state index in [9.17, 15) is 4.79 Å². The molecule has 0 amide bonds. The summed E-state index contributed by atoms with van der Waals surface area (Å²) in [5.41, 5.74) is 2.98. The lowest BCUT2D eigenvalue weighted by molar-refractivity contribution is 0.0963. The van der Waals surface area contributed by atoms with Gasteiger partial charge in [-0.3, -0.25) is 4.79 Å². The van der Waals surface area contributed by atoms with Gasteiger partial charge in [0.2, 0.25) is 6.79 Å². The van der Waals surface area contributed by atoms with Gasteiger partial charge in [-0.1, -0.05) is 48.5 Å². The summed E-state index contributed by atoms with van der Waals surface area (Å²) in [6, 6.07) is 22.8. The maximum Gasteiger partial charge on any atom is 0.231 e. The Bertz CT molecular complexity index is 1050. The molecule has 5 rings (SSSR count). The van der Waals surface area contributed by atoms with Gasteiger partial charge in [0.1, 0.15) is 5.75 Å². The number of ether oxygens (including phenoxy) is 3. The molecule has 0 aliphatic carbocycles. The van der Waals surface area contributed by atoms with Gasteiger partial charge in [-0.25, -0.2) is 0 Å². The minimum Gasteiger partial charge on any atom is -0.480 e. The number of fused-ring (bicyclic) bond motifs is 2. The molecule has 0 N–H and O–H groups in total. The van der Waals surface area contributed by atoms with E-state index in [0.717, 1.165) is 11.1 Å². The molecule has 4 heteroatoms. The predicted octanol–water partition coefficient (Wildman–Crippen LogP) is 4.82. The third-order valence-electron chi connectivity index (χ3n) is 4.74. The zero-order valence-electron chi connectivity index (χ0n) is 14.4. The Kier molecular flexibility index (Phi) is 3.68. The Morgan fingerprint density at radius 1 is 0.815 bits per heavy atom. The maximum atomic E-state index is 13.2. The van der Waals surface area contributed by atoms with Crippen LogP contribution in [0.15, 0.2) is 78.4 Å². The molecule has 3 aromatic carbocycles. The van der Waals surface area contributed by atoms with E-state index in [1.165, 1.54) is 0 Å². The van der Waals surface area contributed by atoms with Gasteiger partial charge in [0, 0.05) is 5.57 Å². The Morgan fingerprint density at radius 2 is 1.59 bits per heavy atom. The van der Waals surface area contributed by atoms with Crippen molar-refractivity contribution in [3.8, 4) is 17.2 Å². The van der Waals surface area contributed by atoms with Crippen LogP contribution in [0.2, 0.25) is 0 Å². The van der Waals surface area contributed by atoms with Crippen LogP contribution in [-0.2, 0) is 0 Å². The summed E-state index contributed by atoms with van der Waals surface area (Å²) in [4.78, 5) is 13.2. The van der Waals surface area contributed by atoms with Crippen molar-refractivity contribution in [1.82, 2.24) is 0 Å². The fourth-order valence-corrected chi connectivity index (χ4v) is 3.42. The van der Waals surface area contributed by atoms with E-state index >= 15 is 0 Å². The molecule has 2 heterocycles. The van der Waals surface area contributed by atoms with Gasteiger partial charge in [0.05, 0.1) is 5.56 Å². The van der Waals surface area contributed by atoms with Gasteiger partial charge < -0.3 is 14.2 Å². The van der Waals surface area contributed by atoms with Crippen LogP contribution in [0, 0.1) is 0 Å². The second kappa shape index (κ2) is 6.32. The number of hydrogen-bond donors (Lipinski definition) is 0. The molecule has 0 spiro atoms. The number of ketones is 1. The Hall–Kier alpha value is -3.53. The summed E-state index contributed by atoms with van der Waals surface area (Å²) in [5.74, 6) is 1.99. The summed E-state index contributed by atoms with van der Waals surface area (Å²) in [6.07, 6.45) is 1.41. The van der Waals surface area contributed by atoms with Gasteiger partial charge in [-0.2, -0.15) is 0 Å². The number of rotatable bonds is 2. The number of carbonyl (C=O) groups is 1. The Balaban J connectivity index is 1.63. The molecular weight excluding hydrogens is 340 g/mol. The average molecular weight is 356 g/mol. The van der Waals surface area contributed by atoms with Crippen LogP contribution >= 0.6 is 0 Å². The fourth-order valence-electron chi connectivity index (χ4n) is 3.42. The number of benzene rings is 3. The average Bonchev–Trinajstić information content (AvgIpc) is 3.18. The van der Waals surface area contributed by atoms with Crippen LogP contribution in [0.4, 0.5) is 0 Å². The van der Waals surface area contributed by atoms with Crippen molar-refractivity contribution in [2.24, 2.45) is 0 Å². The van der Waals surface area contributed by atoms with Crippen LogP contribution in [0.3, 0.4) is 0 Å². The summed E-state index contributed by atoms with van der Waals surface area (Å²) in [6.45, 7) is 0.220. The summed E-state index contributed by atoms with van der Waals surface area (Å²) in [7, 11) is 0. The number of para-hydroxylation sites is 1. The molecule has 2 aliphatic rings. The van der Waals surface area contributed by atoms with Crippen LogP contribution in [0.1, 0.15) is 27.6 Å². The van der Waals surface area contributed by atoms with Crippen molar-refractivity contribution >= 4 is 11.9 Å². The second-order valence-electron chi connectivity index (χ2n) is 6.45. The molecule has 0 saturated heterocycles. The third kappa shape index (κ3) is 2.75. The summed E-state index contributed by atoms with van der Waals surface area (Å²) >= 11 is 0. The van der Waals surface area contributed by atoms with E-state index in [1.807, 2.05) is 72.8 Å². The lowest BCUT2D eigenvalue weighted by Gasteiger charge is -2.28. The number of carbonyl (C=O) groups excluding carboxylic acids is 1.